The van der Waals surface area contributed by atoms with Crippen LogP contribution in [0.3, 0.4) is 0 Å². The highest BCUT2D eigenvalue weighted by Crippen LogP contribution is 2.44. The molecule has 3 rings (SSSR count). The molecule has 0 aliphatic heterocycles. The first-order chi connectivity index (χ1) is 15.8. The minimum atomic E-state index is 0.775. The van der Waals surface area contributed by atoms with Crippen molar-refractivity contribution in [2.24, 2.45) is 0 Å². The van der Waals surface area contributed by atoms with E-state index in [1.165, 1.54) is 78.5 Å². The fourth-order valence-electron chi connectivity index (χ4n) is 4.58. The Morgan fingerprint density at radius 3 is 1.66 bits per heavy atom. The third-order valence-electron chi connectivity index (χ3n) is 6.41. The quantitative estimate of drug-likeness (QED) is 0.175. The average molecular weight is 435 g/mol. The van der Waals surface area contributed by atoms with E-state index in [4.69, 9.17) is 9.47 Å². The smallest absolute Gasteiger partial charge is 0.135 e. The lowest BCUT2D eigenvalue weighted by atomic mass is 9.96. The molecule has 0 bridgehead atoms. The molecule has 0 unspecified atom stereocenters. The van der Waals surface area contributed by atoms with Crippen LogP contribution < -0.4 is 9.47 Å². The molecule has 2 heteroatoms. The lowest BCUT2D eigenvalue weighted by molar-refractivity contribution is 0.306. The molecule has 0 aliphatic carbocycles. The highest BCUT2D eigenvalue weighted by molar-refractivity contribution is 6.12. The van der Waals surface area contributed by atoms with Crippen molar-refractivity contribution in [2.75, 3.05) is 13.2 Å². The van der Waals surface area contributed by atoms with Crippen molar-refractivity contribution in [1.82, 2.24) is 0 Å². The van der Waals surface area contributed by atoms with Crippen molar-refractivity contribution in [3.05, 3.63) is 48.0 Å². The maximum atomic E-state index is 6.52. The van der Waals surface area contributed by atoms with Gasteiger partial charge in [0.05, 0.1) is 13.2 Å². The van der Waals surface area contributed by atoms with Gasteiger partial charge in [0.2, 0.25) is 0 Å². The summed E-state index contributed by atoms with van der Waals surface area (Å²) >= 11 is 0. The van der Waals surface area contributed by atoms with Gasteiger partial charge in [0.1, 0.15) is 11.5 Å². The Morgan fingerprint density at radius 2 is 1.06 bits per heavy atom. The Kier molecular flexibility index (Phi) is 10.2. The summed E-state index contributed by atoms with van der Waals surface area (Å²) in [6.45, 7) is 8.30. The van der Waals surface area contributed by atoms with Crippen LogP contribution >= 0.6 is 0 Å². The molecule has 2 nitrogen and oxygen atoms in total. The van der Waals surface area contributed by atoms with Gasteiger partial charge >= 0.3 is 0 Å². The van der Waals surface area contributed by atoms with Crippen molar-refractivity contribution in [3.8, 4) is 11.5 Å². The van der Waals surface area contributed by atoms with Crippen LogP contribution in [0.25, 0.3) is 21.5 Å². The van der Waals surface area contributed by atoms with E-state index in [0.29, 0.717) is 0 Å². The molecule has 0 radical (unpaired) electrons. The SMILES string of the molecule is CCCCCCCOc1c2ccccc2c(OCCCCCCC)c2c(CC)cccc12. The fraction of sp³-hybridized carbons (Fsp3) is 0.533. The molecular weight excluding hydrogens is 392 g/mol. The number of aryl methyl sites for hydroxylation is 1. The second-order valence-corrected chi connectivity index (χ2v) is 8.92. The lowest BCUT2D eigenvalue weighted by Crippen LogP contribution is -2.03. The highest BCUT2D eigenvalue weighted by atomic mass is 16.5. The molecule has 0 aliphatic rings. The number of benzene rings is 3. The molecule has 32 heavy (non-hydrogen) atoms. The molecular formula is C30H42O2. The van der Waals surface area contributed by atoms with Crippen LogP contribution in [-0.4, -0.2) is 13.2 Å². The third kappa shape index (κ3) is 6.18. The Morgan fingerprint density at radius 1 is 0.531 bits per heavy atom. The standard InChI is InChI=1S/C30H42O2/c1-4-7-9-11-15-22-31-29-25-19-13-14-20-26(25)30(32-23-16-12-10-8-5-2)28-24(6-3)18-17-21-27(28)29/h13-14,17-21H,4-12,15-16,22-23H2,1-3H3. The summed E-state index contributed by atoms with van der Waals surface area (Å²) in [6.07, 6.45) is 13.5. The van der Waals surface area contributed by atoms with Crippen LogP contribution in [0.15, 0.2) is 42.5 Å². The Labute approximate surface area is 195 Å². The van der Waals surface area contributed by atoms with Crippen molar-refractivity contribution in [1.29, 1.82) is 0 Å². The number of fused-ring (bicyclic) bond motifs is 2. The van der Waals surface area contributed by atoms with E-state index in [0.717, 1.165) is 44.0 Å². The highest BCUT2D eigenvalue weighted by Gasteiger charge is 2.18. The van der Waals surface area contributed by atoms with Crippen molar-refractivity contribution < 1.29 is 9.47 Å². The number of unbranched alkanes of at least 4 members (excludes halogenated alkanes) is 8. The first kappa shape index (κ1) is 24.4. The van der Waals surface area contributed by atoms with E-state index in [9.17, 15) is 0 Å². The van der Waals surface area contributed by atoms with E-state index in [2.05, 4.69) is 63.2 Å². The number of hydrogen-bond acceptors (Lipinski definition) is 2. The predicted molar refractivity (Wildman–Crippen MR) is 139 cm³/mol. The molecule has 0 amide bonds. The monoisotopic (exact) mass is 434 g/mol. The number of rotatable bonds is 15. The van der Waals surface area contributed by atoms with Gasteiger partial charge in [-0.25, -0.2) is 0 Å². The topological polar surface area (TPSA) is 18.5 Å². The van der Waals surface area contributed by atoms with Crippen molar-refractivity contribution in [2.45, 2.75) is 91.4 Å². The zero-order chi connectivity index (χ0) is 22.6. The zero-order valence-electron chi connectivity index (χ0n) is 20.6. The van der Waals surface area contributed by atoms with Gasteiger partial charge in [-0.1, -0.05) is 115 Å². The fourth-order valence-corrected chi connectivity index (χ4v) is 4.58. The van der Waals surface area contributed by atoms with Gasteiger partial charge in [-0.05, 0) is 24.8 Å². The summed E-state index contributed by atoms with van der Waals surface area (Å²) in [7, 11) is 0. The van der Waals surface area contributed by atoms with E-state index in [-0.39, 0.29) is 0 Å². The van der Waals surface area contributed by atoms with Crippen molar-refractivity contribution in [3.63, 3.8) is 0 Å². The Bertz CT molecular complexity index is 960. The maximum Gasteiger partial charge on any atom is 0.135 e. The number of ether oxygens (including phenoxy) is 2. The first-order valence-corrected chi connectivity index (χ1v) is 13.0. The second kappa shape index (κ2) is 13.4. The summed E-state index contributed by atoms with van der Waals surface area (Å²) in [4.78, 5) is 0. The molecule has 0 aromatic heterocycles. The van der Waals surface area contributed by atoms with Gasteiger partial charge in [-0.3, -0.25) is 0 Å². The predicted octanol–water partition coefficient (Wildman–Crippen LogP) is 9.25. The van der Waals surface area contributed by atoms with Gasteiger partial charge < -0.3 is 9.47 Å². The van der Waals surface area contributed by atoms with Crippen LogP contribution in [0.2, 0.25) is 0 Å². The molecule has 0 saturated heterocycles. The minimum Gasteiger partial charge on any atom is -0.492 e. The molecule has 3 aromatic carbocycles. The van der Waals surface area contributed by atoms with Gasteiger partial charge in [0.15, 0.2) is 0 Å². The lowest BCUT2D eigenvalue weighted by Gasteiger charge is -2.20. The number of hydrogen-bond donors (Lipinski definition) is 0. The molecule has 0 N–H and O–H groups in total. The molecule has 0 saturated carbocycles. The van der Waals surface area contributed by atoms with Gasteiger partial charge in [0, 0.05) is 21.5 Å². The van der Waals surface area contributed by atoms with Crippen LogP contribution in [0, 0.1) is 0 Å². The van der Waals surface area contributed by atoms with E-state index >= 15 is 0 Å². The molecule has 3 aromatic rings. The Balaban J connectivity index is 1.92. The normalized spacial score (nSPS) is 11.3. The molecule has 0 heterocycles. The van der Waals surface area contributed by atoms with Crippen molar-refractivity contribution >= 4 is 21.5 Å². The zero-order valence-corrected chi connectivity index (χ0v) is 20.6. The largest absolute Gasteiger partial charge is 0.492 e. The summed E-state index contributed by atoms with van der Waals surface area (Å²) in [5.74, 6) is 2.07. The molecule has 0 fully saturated rings. The van der Waals surface area contributed by atoms with Gasteiger partial charge in [0.25, 0.3) is 0 Å². The van der Waals surface area contributed by atoms with Gasteiger partial charge in [-0.15, -0.1) is 0 Å². The van der Waals surface area contributed by atoms with E-state index < -0.39 is 0 Å². The van der Waals surface area contributed by atoms with Crippen LogP contribution in [0.1, 0.15) is 90.5 Å². The second-order valence-electron chi connectivity index (χ2n) is 8.92. The van der Waals surface area contributed by atoms with E-state index in [1.54, 1.807) is 0 Å². The first-order valence-electron chi connectivity index (χ1n) is 13.0. The molecule has 0 spiro atoms. The van der Waals surface area contributed by atoms with Gasteiger partial charge in [-0.2, -0.15) is 0 Å². The summed E-state index contributed by atoms with van der Waals surface area (Å²) in [6, 6.07) is 15.2. The minimum absolute atomic E-state index is 0.775. The molecule has 174 valence electrons. The average Bonchev–Trinajstić information content (AvgIpc) is 2.83. The summed E-state index contributed by atoms with van der Waals surface area (Å²) in [5, 5.41) is 4.78. The summed E-state index contributed by atoms with van der Waals surface area (Å²) in [5.41, 5.74) is 1.34. The third-order valence-corrected chi connectivity index (χ3v) is 6.41. The van der Waals surface area contributed by atoms with Crippen LogP contribution in [-0.2, 0) is 6.42 Å². The maximum absolute atomic E-state index is 6.52. The van der Waals surface area contributed by atoms with E-state index in [1.807, 2.05) is 0 Å². The Hall–Kier alpha value is -2.22. The molecule has 0 atom stereocenters. The summed E-state index contributed by atoms with van der Waals surface area (Å²) < 4.78 is 13.0. The van der Waals surface area contributed by atoms with Crippen LogP contribution in [0.5, 0.6) is 11.5 Å². The van der Waals surface area contributed by atoms with Crippen LogP contribution in [0.4, 0.5) is 0 Å².